The van der Waals surface area contributed by atoms with Gasteiger partial charge in [0, 0.05) is 22.6 Å². The fourth-order valence-electron chi connectivity index (χ4n) is 2.02. The van der Waals surface area contributed by atoms with Crippen molar-refractivity contribution in [1.82, 2.24) is 0 Å². The SMILES string of the molecule is COc1ccc(Cl)cc1CC(=O)c1cccc(C)c1Cl. The van der Waals surface area contributed by atoms with E-state index in [0.29, 0.717) is 21.4 Å². The van der Waals surface area contributed by atoms with Gasteiger partial charge in [0.05, 0.1) is 12.1 Å². The summed E-state index contributed by atoms with van der Waals surface area (Å²) in [6.07, 6.45) is 0.201. The molecule has 2 rings (SSSR count). The van der Waals surface area contributed by atoms with Gasteiger partial charge in [-0.1, -0.05) is 35.3 Å². The first-order valence-electron chi connectivity index (χ1n) is 6.13. The van der Waals surface area contributed by atoms with Crippen LogP contribution in [-0.4, -0.2) is 12.9 Å². The summed E-state index contributed by atoms with van der Waals surface area (Å²) in [5, 5.41) is 1.07. The predicted octanol–water partition coefficient (Wildman–Crippen LogP) is 4.74. The number of halogens is 2. The maximum Gasteiger partial charge on any atom is 0.168 e. The summed E-state index contributed by atoms with van der Waals surface area (Å²) in [5.41, 5.74) is 2.16. The molecule has 0 saturated heterocycles. The zero-order valence-electron chi connectivity index (χ0n) is 11.2. The molecule has 0 N–H and O–H groups in total. The summed E-state index contributed by atoms with van der Waals surface area (Å²) < 4.78 is 5.25. The van der Waals surface area contributed by atoms with Gasteiger partial charge >= 0.3 is 0 Å². The lowest BCUT2D eigenvalue weighted by atomic mass is 10.0. The van der Waals surface area contributed by atoms with Gasteiger partial charge < -0.3 is 4.74 Å². The highest BCUT2D eigenvalue weighted by atomic mass is 35.5. The number of ether oxygens (including phenoxy) is 1. The predicted molar refractivity (Wildman–Crippen MR) is 82.2 cm³/mol. The van der Waals surface area contributed by atoms with Crippen molar-refractivity contribution < 1.29 is 9.53 Å². The van der Waals surface area contributed by atoms with Crippen molar-refractivity contribution >= 4 is 29.0 Å². The Kier molecular flexibility index (Phi) is 4.69. The third-order valence-corrected chi connectivity index (χ3v) is 3.82. The number of Topliss-reactive ketones (excluding diaryl/α,β-unsaturated/α-hetero) is 1. The summed E-state index contributed by atoms with van der Waals surface area (Å²) in [4.78, 5) is 12.4. The minimum atomic E-state index is -0.0562. The zero-order chi connectivity index (χ0) is 14.7. The molecule has 2 nitrogen and oxygen atoms in total. The summed E-state index contributed by atoms with van der Waals surface area (Å²) >= 11 is 12.1. The molecular formula is C16H14Cl2O2. The zero-order valence-corrected chi connectivity index (χ0v) is 12.8. The van der Waals surface area contributed by atoms with E-state index in [0.717, 1.165) is 11.1 Å². The number of carbonyl (C=O) groups is 1. The lowest BCUT2D eigenvalue weighted by Crippen LogP contribution is -2.06. The molecule has 0 aliphatic rings. The number of hydrogen-bond donors (Lipinski definition) is 0. The van der Waals surface area contributed by atoms with Crippen LogP contribution in [0, 0.1) is 6.92 Å². The van der Waals surface area contributed by atoms with Crippen LogP contribution in [0.2, 0.25) is 10.0 Å². The van der Waals surface area contributed by atoms with E-state index in [-0.39, 0.29) is 12.2 Å². The number of aryl methyl sites for hydroxylation is 1. The Hall–Kier alpha value is -1.51. The van der Waals surface area contributed by atoms with Crippen LogP contribution in [-0.2, 0) is 6.42 Å². The van der Waals surface area contributed by atoms with Crippen LogP contribution < -0.4 is 4.74 Å². The van der Waals surface area contributed by atoms with E-state index in [1.54, 1.807) is 31.4 Å². The van der Waals surface area contributed by atoms with Crippen molar-refractivity contribution in [3.05, 3.63) is 63.1 Å². The van der Waals surface area contributed by atoms with Gasteiger partial charge in [0.15, 0.2) is 5.78 Å². The van der Waals surface area contributed by atoms with Crippen molar-refractivity contribution in [2.24, 2.45) is 0 Å². The first kappa shape index (κ1) is 14.9. The Bertz CT molecular complexity index is 651. The maximum absolute atomic E-state index is 12.4. The Labute approximate surface area is 128 Å². The lowest BCUT2D eigenvalue weighted by molar-refractivity contribution is 0.0992. The molecule has 0 heterocycles. The van der Waals surface area contributed by atoms with Crippen molar-refractivity contribution in [2.45, 2.75) is 13.3 Å². The third-order valence-electron chi connectivity index (χ3n) is 3.09. The van der Waals surface area contributed by atoms with Crippen molar-refractivity contribution in [3.63, 3.8) is 0 Å². The highest BCUT2D eigenvalue weighted by molar-refractivity contribution is 6.34. The van der Waals surface area contributed by atoms with Crippen LogP contribution in [0.25, 0.3) is 0 Å². The summed E-state index contributed by atoms with van der Waals surface area (Å²) in [6, 6.07) is 10.6. The van der Waals surface area contributed by atoms with Gasteiger partial charge in [-0.2, -0.15) is 0 Å². The average Bonchev–Trinajstić information content (AvgIpc) is 2.42. The minimum absolute atomic E-state index is 0.0562. The molecule has 0 unspecified atom stereocenters. The largest absolute Gasteiger partial charge is 0.496 e. The smallest absolute Gasteiger partial charge is 0.168 e. The highest BCUT2D eigenvalue weighted by Crippen LogP contribution is 2.26. The van der Waals surface area contributed by atoms with E-state index in [1.165, 1.54) is 0 Å². The van der Waals surface area contributed by atoms with Gasteiger partial charge in [0.25, 0.3) is 0 Å². The molecule has 0 aliphatic heterocycles. The fraction of sp³-hybridized carbons (Fsp3) is 0.188. The molecule has 0 spiro atoms. The molecule has 0 atom stereocenters. The number of rotatable bonds is 4. The molecule has 4 heteroatoms. The van der Waals surface area contributed by atoms with Crippen LogP contribution in [0.3, 0.4) is 0 Å². The Balaban J connectivity index is 2.32. The van der Waals surface area contributed by atoms with Crippen LogP contribution in [0.1, 0.15) is 21.5 Å². The number of methoxy groups -OCH3 is 1. The number of ketones is 1. The summed E-state index contributed by atoms with van der Waals surface area (Å²) in [5.74, 6) is 0.589. The molecule has 0 fully saturated rings. The van der Waals surface area contributed by atoms with Crippen LogP contribution in [0.5, 0.6) is 5.75 Å². The van der Waals surface area contributed by atoms with Crippen molar-refractivity contribution in [1.29, 1.82) is 0 Å². The highest BCUT2D eigenvalue weighted by Gasteiger charge is 2.15. The molecule has 2 aromatic carbocycles. The molecule has 0 aliphatic carbocycles. The second-order valence-corrected chi connectivity index (χ2v) is 5.31. The van der Waals surface area contributed by atoms with E-state index in [4.69, 9.17) is 27.9 Å². The molecule has 0 aromatic heterocycles. The first-order valence-corrected chi connectivity index (χ1v) is 6.89. The lowest BCUT2D eigenvalue weighted by Gasteiger charge is -2.10. The molecule has 2 aromatic rings. The molecular weight excluding hydrogens is 295 g/mol. The van der Waals surface area contributed by atoms with E-state index < -0.39 is 0 Å². The number of benzene rings is 2. The minimum Gasteiger partial charge on any atom is -0.496 e. The van der Waals surface area contributed by atoms with E-state index in [9.17, 15) is 4.79 Å². The summed E-state index contributed by atoms with van der Waals surface area (Å²) in [6.45, 7) is 1.87. The van der Waals surface area contributed by atoms with Gasteiger partial charge in [-0.3, -0.25) is 4.79 Å². The molecule has 0 saturated carbocycles. The fourth-order valence-corrected chi connectivity index (χ4v) is 2.44. The molecule has 0 amide bonds. The van der Waals surface area contributed by atoms with Crippen molar-refractivity contribution in [2.75, 3.05) is 7.11 Å². The molecule has 0 bridgehead atoms. The Morgan fingerprint density at radius 1 is 1.20 bits per heavy atom. The first-order chi connectivity index (χ1) is 9.52. The van der Waals surface area contributed by atoms with Gasteiger partial charge in [0.2, 0.25) is 0 Å². The molecule has 20 heavy (non-hydrogen) atoms. The van der Waals surface area contributed by atoms with Gasteiger partial charge in [-0.05, 0) is 36.8 Å². The van der Waals surface area contributed by atoms with Crippen LogP contribution >= 0.6 is 23.2 Å². The standard InChI is InChI=1S/C16H14Cl2O2/c1-10-4-3-5-13(16(10)18)14(19)9-11-8-12(17)6-7-15(11)20-2/h3-8H,9H2,1-2H3. The van der Waals surface area contributed by atoms with Gasteiger partial charge in [0.1, 0.15) is 5.75 Å². The molecule has 104 valence electrons. The average molecular weight is 309 g/mol. The van der Waals surface area contributed by atoms with Crippen LogP contribution in [0.4, 0.5) is 0 Å². The van der Waals surface area contributed by atoms with Crippen molar-refractivity contribution in [3.8, 4) is 5.75 Å². The second-order valence-electron chi connectivity index (χ2n) is 4.49. The number of carbonyl (C=O) groups excluding carboxylic acids is 1. The van der Waals surface area contributed by atoms with Gasteiger partial charge in [-0.25, -0.2) is 0 Å². The van der Waals surface area contributed by atoms with Crippen LogP contribution in [0.15, 0.2) is 36.4 Å². The maximum atomic E-state index is 12.4. The van der Waals surface area contributed by atoms with E-state index >= 15 is 0 Å². The number of hydrogen-bond acceptors (Lipinski definition) is 2. The topological polar surface area (TPSA) is 26.3 Å². The molecule has 0 radical (unpaired) electrons. The Morgan fingerprint density at radius 2 is 1.95 bits per heavy atom. The third kappa shape index (κ3) is 3.14. The second kappa shape index (κ2) is 6.29. The normalized spacial score (nSPS) is 10.4. The summed E-state index contributed by atoms with van der Waals surface area (Å²) in [7, 11) is 1.57. The quantitative estimate of drug-likeness (QED) is 0.763. The van der Waals surface area contributed by atoms with E-state index in [2.05, 4.69) is 0 Å². The van der Waals surface area contributed by atoms with Gasteiger partial charge in [-0.15, -0.1) is 0 Å². The van der Waals surface area contributed by atoms with E-state index in [1.807, 2.05) is 19.1 Å². The monoisotopic (exact) mass is 308 g/mol. The Morgan fingerprint density at radius 3 is 2.65 bits per heavy atom.